The summed E-state index contributed by atoms with van der Waals surface area (Å²) in [6.07, 6.45) is 12.2. The molecule has 26 heavy (non-hydrogen) atoms. The molecular formula is C21H30N2O3. The van der Waals surface area contributed by atoms with Crippen LogP contribution < -0.4 is 5.48 Å². The number of aromatic nitrogens is 1. The van der Waals surface area contributed by atoms with Crippen molar-refractivity contribution in [3.8, 4) is 0 Å². The summed E-state index contributed by atoms with van der Waals surface area (Å²) in [5.74, 6) is 0.137. The first kappa shape index (κ1) is 23.2. The predicted octanol–water partition coefficient (Wildman–Crippen LogP) is 4.56. The molecule has 1 aromatic rings. The highest BCUT2D eigenvalue weighted by Gasteiger charge is 2.09. The normalized spacial score (nSPS) is 11.6. The highest BCUT2D eigenvalue weighted by molar-refractivity contribution is 5.99. The Morgan fingerprint density at radius 2 is 2.08 bits per heavy atom. The van der Waals surface area contributed by atoms with Gasteiger partial charge in [-0.15, -0.1) is 0 Å². The summed E-state index contributed by atoms with van der Waals surface area (Å²) in [5, 5.41) is 8.77. The number of carbonyl (C=O) groups is 1. The number of nitrogens with zero attached hydrogens (tertiary/aromatic N) is 1. The molecule has 0 bridgehead atoms. The summed E-state index contributed by atoms with van der Waals surface area (Å²) in [6, 6.07) is 1.95. The molecule has 5 heteroatoms. The Hall–Kier alpha value is -2.79. The maximum absolute atomic E-state index is 11.6. The number of amides is 1. The molecule has 0 aliphatic carbocycles. The average molecular weight is 358 g/mol. The predicted molar refractivity (Wildman–Crippen MR) is 108 cm³/mol. The van der Waals surface area contributed by atoms with E-state index in [9.17, 15) is 4.79 Å². The molecule has 0 saturated carbocycles. The minimum atomic E-state index is -0.599. The van der Waals surface area contributed by atoms with Gasteiger partial charge in [0.05, 0.1) is 6.54 Å². The molecule has 142 valence electrons. The van der Waals surface area contributed by atoms with Crippen molar-refractivity contribution in [2.24, 2.45) is 0 Å². The van der Waals surface area contributed by atoms with Crippen LogP contribution in [0.25, 0.3) is 6.08 Å². The molecule has 1 heterocycles. The maximum Gasteiger partial charge on any atom is 0.274 e. The van der Waals surface area contributed by atoms with Crippen molar-refractivity contribution in [2.75, 3.05) is 6.61 Å². The lowest BCUT2D eigenvalue weighted by Gasteiger charge is -2.11. The smallest absolute Gasteiger partial charge is 0.274 e. The van der Waals surface area contributed by atoms with Crippen LogP contribution in [0.4, 0.5) is 0 Å². The van der Waals surface area contributed by atoms with E-state index in [0.717, 1.165) is 17.0 Å². The fraction of sp³-hybridized carbons (Fsp3) is 0.286. The first-order chi connectivity index (χ1) is 12.6. The van der Waals surface area contributed by atoms with E-state index in [4.69, 9.17) is 9.94 Å². The van der Waals surface area contributed by atoms with Gasteiger partial charge in [-0.3, -0.25) is 10.0 Å². The monoisotopic (exact) mass is 358 g/mol. The molecule has 0 aliphatic heterocycles. The van der Waals surface area contributed by atoms with Crippen LogP contribution >= 0.6 is 0 Å². The van der Waals surface area contributed by atoms with E-state index in [1.165, 1.54) is 6.08 Å². The van der Waals surface area contributed by atoms with Gasteiger partial charge in [0.2, 0.25) is 0 Å². The van der Waals surface area contributed by atoms with E-state index in [-0.39, 0.29) is 5.57 Å². The molecule has 0 unspecified atom stereocenters. The molecule has 1 amide bonds. The molecule has 5 nitrogen and oxygen atoms in total. The molecule has 0 fully saturated rings. The summed E-state index contributed by atoms with van der Waals surface area (Å²) < 4.78 is 7.69. The quantitative estimate of drug-likeness (QED) is 0.224. The summed E-state index contributed by atoms with van der Waals surface area (Å²) >= 11 is 0. The number of hydroxylamine groups is 1. The third-order valence-corrected chi connectivity index (χ3v) is 3.31. The number of ether oxygens (including phenoxy) is 1. The molecule has 1 aromatic heterocycles. The van der Waals surface area contributed by atoms with Gasteiger partial charge in [-0.05, 0) is 43.7 Å². The molecular weight excluding hydrogens is 328 g/mol. The summed E-state index contributed by atoms with van der Waals surface area (Å²) in [5.41, 5.74) is 3.77. The molecule has 0 saturated heterocycles. The Kier molecular flexibility index (Phi) is 12.0. The fourth-order valence-corrected chi connectivity index (χ4v) is 2.11. The van der Waals surface area contributed by atoms with E-state index in [1.807, 2.05) is 56.7 Å². The van der Waals surface area contributed by atoms with Crippen molar-refractivity contribution in [3.63, 3.8) is 0 Å². The minimum Gasteiger partial charge on any atom is -0.492 e. The van der Waals surface area contributed by atoms with Gasteiger partial charge in [-0.1, -0.05) is 45.2 Å². The van der Waals surface area contributed by atoms with E-state index in [2.05, 4.69) is 13.2 Å². The van der Waals surface area contributed by atoms with E-state index < -0.39 is 5.91 Å². The van der Waals surface area contributed by atoms with Crippen molar-refractivity contribution in [2.45, 2.75) is 34.2 Å². The van der Waals surface area contributed by atoms with Crippen LogP contribution in [-0.2, 0) is 16.1 Å². The number of allylic oxidation sites excluding steroid dienone is 4. The van der Waals surface area contributed by atoms with E-state index >= 15 is 0 Å². The van der Waals surface area contributed by atoms with Crippen molar-refractivity contribution in [3.05, 3.63) is 78.4 Å². The van der Waals surface area contributed by atoms with E-state index in [1.54, 1.807) is 23.7 Å². The number of aryl methyl sites for hydroxylation is 1. The molecule has 0 aromatic carbocycles. The lowest BCUT2D eigenvalue weighted by Crippen LogP contribution is -2.20. The van der Waals surface area contributed by atoms with Gasteiger partial charge in [-0.2, -0.15) is 0 Å². The largest absolute Gasteiger partial charge is 0.492 e. The lowest BCUT2D eigenvalue weighted by molar-refractivity contribution is -0.124. The van der Waals surface area contributed by atoms with Crippen LogP contribution in [0.3, 0.4) is 0 Å². The maximum atomic E-state index is 11.6. The van der Waals surface area contributed by atoms with Gasteiger partial charge in [0.15, 0.2) is 0 Å². The molecule has 0 spiro atoms. The van der Waals surface area contributed by atoms with Crippen molar-refractivity contribution < 1.29 is 14.7 Å². The van der Waals surface area contributed by atoms with Gasteiger partial charge in [0, 0.05) is 17.5 Å². The second kappa shape index (κ2) is 13.5. The molecule has 0 radical (unpaired) electrons. The summed E-state index contributed by atoms with van der Waals surface area (Å²) in [7, 11) is 0. The second-order valence-electron chi connectivity index (χ2n) is 4.98. The third-order valence-electron chi connectivity index (χ3n) is 3.31. The second-order valence-corrected chi connectivity index (χ2v) is 4.98. The third kappa shape index (κ3) is 7.40. The average Bonchev–Trinajstić information content (AvgIpc) is 3.00. The van der Waals surface area contributed by atoms with Crippen molar-refractivity contribution in [1.82, 2.24) is 10.0 Å². The Morgan fingerprint density at radius 1 is 1.38 bits per heavy atom. The van der Waals surface area contributed by atoms with Crippen LogP contribution in [-0.4, -0.2) is 22.3 Å². The molecule has 0 atom stereocenters. The lowest BCUT2D eigenvalue weighted by atomic mass is 10.1. The van der Waals surface area contributed by atoms with Crippen LogP contribution in [0.2, 0.25) is 0 Å². The number of rotatable bonds is 9. The Bertz CT molecular complexity index is 679. The highest BCUT2D eigenvalue weighted by Crippen LogP contribution is 2.15. The zero-order chi connectivity index (χ0) is 19.9. The summed E-state index contributed by atoms with van der Waals surface area (Å²) in [6.45, 7) is 16.2. The topological polar surface area (TPSA) is 63.5 Å². The number of nitrogens with one attached hydrogen (secondary N) is 1. The number of hydrogen-bond acceptors (Lipinski definition) is 3. The Balaban J connectivity index is 0.00000301. The first-order valence-corrected chi connectivity index (χ1v) is 8.59. The van der Waals surface area contributed by atoms with Crippen LogP contribution in [0.15, 0.2) is 67.1 Å². The van der Waals surface area contributed by atoms with Gasteiger partial charge in [0.1, 0.15) is 12.4 Å². The van der Waals surface area contributed by atoms with Gasteiger partial charge >= 0.3 is 0 Å². The van der Waals surface area contributed by atoms with Crippen molar-refractivity contribution in [1.29, 1.82) is 0 Å². The van der Waals surface area contributed by atoms with Crippen LogP contribution in [0.5, 0.6) is 0 Å². The number of hydrogen-bond donors (Lipinski definition) is 2. The molecule has 0 aliphatic rings. The first-order valence-electron chi connectivity index (χ1n) is 8.59. The zero-order valence-electron chi connectivity index (χ0n) is 16.2. The molecule has 2 N–H and O–H groups in total. The highest BCUT2D eigenvalue weighted by atomic mass is 16.5. The summed E-state index contributed by atoms with van der Waals surface area (Å²) in [4.78, 5) is 11.6. The zero-order valence-corrected chi connectivity index (χ0v) is 16.2. The fourth-order valence-electron chi connectivity index (χ4n) is 2.11. The van der Waals surface area contributed by atoms with Gasteiger partial charge in [0.25, 0.3) is 5.91 Å². The van der Waals surface area contributed by atoms with Gasteiger partial charge < -0.3 is 9.30 Å². The van der Waals surface area contributed by atoms with Crippen LogP contribution in [0, 0.1) is 6.92 Å². The Labute approximate surface area is 156 Å². The Morgan fingerprint density at radius 3 is 2.62 bits per heavy atom. The standard InChI is InChI=1S/C19H24N2O3.C2H6/c1-5-8-17(9-6-2)24-13-12-21-11-10-15(4)18(21)14-16(7-3)19(22)20-23;1-2/h5-11,14,23H,1,3,12-13H2,2,4H3,(H,20,22);1-2H3/b9-6-,16-14+,17-8+;. The van der Waals surface area contributed by atoms with E-state index in [0.29, 0.717) is 13.2 Å². The minimum absolute atomic E-state index is 0.280. The molecule has 1 rings (SSSR count). The van der Waals surface area contributed by atoms with Crippen LogP contribution in [0.1, 0.15) is 32.0 Å². The van der Waals surface area contributed by atoms with Gasteiger partial charge in [-0.25, -0.2) is 5.48 Å². The number of carbonyl (C=O) groups excluding carboxylic acids is 1. The SMILES string of the molecule is C=C/C=C(\C=C/C)OCCn1ccc(C)c1/C=C(\C=C)C(=O)NO.CC. The van der Waals surface area contributed by atoms with Crippen molar-refractivity contribution >= 4 is 12.0 Å².